The van der Waals surface area contributed by atoms with Gasteiger partial charge >= 0.3 is 0 Å². The summed E-state index contributed by atoms with van der Waals surface area (Å²) in [5.41, 5.74) is 8.70. The van der Waals surface area contributed by atoms with Gasteiger partial charge in [-0.2, -0.15) is 5.26 Å². The Bertz CT molecular complexity index is 1460. The predicted molar refractivity (Wildman–Crippen MR) is 153 cm³/mol. The third-order valence-electron chi connectivity index (χ3n) is 6.49. The summed E-state index contributed by atoms with van der Waals surface area (Å²) in [6.07, 6.45) is 3.35. The zero-order chi connectivity index (χ0) is 27.8. The van der Waals surface area contributed by atoms with Gasteiger partial charge in [0, 0.05) is 35.0 Å². The topological polar surface area (TPSA) is 97.3 Å². The minimum absolute atomic E-state index is 0.0135. The Morgan fingerprint density at radius 2 is 2.00 bits per heavy atom. The number of pyridine rings is 1. The monoisotopic (exact) mass is 569 g/mol. The standard InChI is InChI=1S/C28H30Cl2FN7O/c1-27(2,3)13-34-24-17(10-32)11-33-25-20(24)8-18(9-22(25)30)35-26(19-6-4-5-7-21(19)29)23-12-38(37-36-23)14-28(31)15-39-16-28/h4-9,11-12,26,35-37H,13-16H2,1-3H3,(H,33,34)/t26-/m0/s1. The van der Waals surface area contributed by atoms with Crippen molar-refractivity contribution in [1.29, 1.82) is 5.26 Å². The fourth-order valence-electron chi connectivity index (χ4n) is 4.49. The lowest BCUT2D eigenvalue weighted by atomic mass is 9.96. The van der Waals surface area contributed by atoms with E-state index in [1.807, 2.05) is 36.5 Å². The van der Waals surface area contributed by atoms with Crippen LogP contribution in [0, 0.1) is 16.7 Å². The number of rotatable bonds is 8. The molecule has 0 aliphatic carbocycles. The van der Waals surface area contributed by atoms with Gasteiger partial charge in [0.15, 0.2) is 5.67 Å². The lowest BCUT2D eigenvalue weighted by Crippen LogP contribution is -2.55. The second-order valence-corrected chi connectivity index (χ2v) is 11.9. The highest BCUT2D eigenvalue weighted by molar-refractivity contribution is 6.36. The maximum absolute atomic E-state index is 14.7. The van der Waals surface area contributed by atoms with Crippen LogP contribution < -0.4 is 21.6 Å². The van der Waals surface area contributed by atoms with E-state index in [0.717, 1.165) is 16.6 Å². The molecular weight excluding hydrogens is 540 g/mol. The molecule has 0 amide bonds. The Balaban J connectivity index is 1.53. The number of alkyl halides is 1. The summed E-state index contributed by atoms with van der Waals surface area (Å²) < 4.78 is 19.8. The highest BCUT2D eigenvalue weighted by atomic mass is 35.5. The first-order valence-corrected chi connectivity index (χ1v) is 13.3. The third-order valence-corrected chi connectivity index (χ3v) is 7.13. The Hall–Kier alpha value is -3.29. The van der Waals surface area contributed by atoms with E-state index in [2.05, 4.69) is 53.4 Å². The second-order valence-electron chi connectivity index (χ2n) is 11.1. The quantitative estimate of drug-likeness (QED) is 0.265. The van der Waals surface area contributed by atoms with E-state index in [1.54, 1.807) is 11.1 Å². The molecule has 1 atom stereocenters. The SMILES string of the molecule is CC(C)(C)CNc1c(C#N)cnc2c(Cl)cc(N[C@H](C3=CN(CC4(F)COC4)NN3)c3ccccc3Cl)cc12. The Labute approximate surface area is 237 Å². The minimum Gasteiger partial charge on any atom is -0.383 e. The van der Waals surface area contributed by atoms with Crippen molar-refractivity contribution in [2.75, 3.05) is 36.9 Å². The summed E-state index contributed by atoms with van der Waals surface area (Å²) in [5, 5.41) is 20.1. The van der Waals surface area contributed by atoms with E-state index in [-0.39, 0.29) is 25.2 Å². The normalized spacial score (nSPS) is 17.2. The molecule has 0 radical (unpaired) electrons. The van der Waals surface area contributed by atoms with Crippen LogP contribution in [-0.4, -0.2) is 42.0 Å². The lowest BCUT2D eigenvalue weighted by Gasteiger charge is -2.36. The molecule has 3 heterocycles. The largest absolute Gasteiger partial charge is 0.383 e. The summed E-state index contributed by atoms with van der Waals surface area (Å²) >= 11 is 13.3. The lowest BCUT2D eigenvalue weighted by molar-refractivity contribution is -0.140. The molecule has 2 aliphatic rings. The number of nitriles is 1. The van der Waals surface area contributed by atoms with Crippen molar-refractivity contribution in [3.8, 4) is 6.07 Å². The molecule has 1 saturated heterocycles. The molecule has 5 rings (SSSR count). The predicted octanol–water partition coefficient (Wildman–Crippen LogP) is 5.93. The molecule has 0 spiro atoms. The number of hydrogen-bond donors (Lipinski definition) is 4. The van der Waals surface area contributed by atoms with Gasteiger partial charge < -0.3 is 20.8 Å². The van der Waals surface area contributed by atoms with Gasteiger partial charge in [-0.1, -0.05) is 62.2 Å². The number of aromatic nitrogens is 1. The molecule has 0 bridgehead atoms. The average Bonchev–Trinajstić information content (AvgIpc) is 3.32. The third kappa shape index (κ3) is 5.99. The van der Waals surface area contributed by atoms with Gasteiger partial charge in [-0.25, -0.2) is 4.39 Å². The van der Waals surface area contributed by atoms with Gasteiger partial charge in [-0.15, -0.1) is 5.53 Å². The number of nitrogens with zero attached hydrogens (tertiary/aromatic N) is 3. The molecule has 2 aliphatic heterocycles. The van der Waals surface area contributed by atoms with Crippen molar-refractivity contribution in [3.05, 3.63) is 75.7 Å². The summed E-state index contributed by atoms with van der Waals surface area (Å²) in [4.78, 5) is 4.45. The minimum atomic E-state index is -1.40. The average molecular weight is 571 g/mol. The van der Waals surface area contributed by atoms with Crippen molar-refractivity contribution in [1.82, 2.24) is 21.0 Å². The zero-order valence-corrected chi connectivity index (χ0v) is 23.4. The van der Waals surface area contributed by atoms with Gasteiger partial charge in [0.2, 0.25) is 0 Å². The van der Waals surface area contributed by atoms with Crippen LogP contribution in [0.3, 0.4) is 0 Å². The van der Waals surface area contributed by atoms with Gasteiger partial charge in [-0.05, 0) is 29.2 Å². The molecule has 11 heteroatoms. The van der Waals surface area contributed by atoms with E-state index in [1.165, 1.54) is 6.20 Å². The van der Waals surface area contributed by atoms with E-state index >= 15 is 0 Å². The number of fused-ring (bicyclic) bond motifs is 1. The van der Waals surface area contributed by atoms with E-state index in [4.69, 9.17) is 27.9 Å². The fraction of sp³-hybridized carbons (Fsp3) is 0.357. The first-order chi connectivity index (χ1) is 18.5. The molecule has 0 saturated carbocycles. The molecular formula is C28H30Cl2FN7O. The summed E-state index contributed by atoms with van der Waals surface area (Å²) in [5.74, 6) is 0. The zero-order valence-electron chi connectivity index (χ0n) is 21.9. The second kappa shape index (κ2) is 10.7. The van der Waals surface area contributed by atoms with Gasteiger partial charge in [-0.3, -0.25) is 9.99 Å². The first kappa shape index (κ1) is 27.3. The van der Waals surface area contributed by atoms with E-state index in [9.17, 15) is 9.65 Å². The molecule has 204 valence electrons. The van der Waals surface area contributed by atoms with Crippen LogP contribution in [0.15, 0.2) is 54.5 Å². The van der Waals surface area contributed by atoms with Crippen LogP contribution in [0.5, 0.6) is 0 Å². The number of ether oxygens (including phenoxy) is 1. The van der Waals surface area contributed by atoms with Crippen molar-refractivity contribution >= 4 is 45.5 Å². The number of nitrogens with one attached hydrogen (secondary N) is 4. The summed E-state index contributed by atoms with van der Waals surface area (Å²) in [7, 11) is 0. The fourth-order valence-corrected chi connectivity index (χ4v) is 5.00. The van der Waals surface area contributed by atoms with Crippen LogP contribution in [0.2, 0.25) is 10.0 Å². The number of halogens is 3. The Morgan fingerprint density at radius 1 is 1.23 bits per heavy atom. The molecule has 1 fully saturated rings. The van der Waals surface area contributed by atoms with E-state index < -0.39 is 11.7 Å². The van der Waals surface area contributed by atoms with Gasteiger partial charge in [0.25, 0.3) is 0 Å². The molecule has 8 nitrogen and oxygen atoms in total. The van der Waals surface area contributed by atoms with E-state index in [0.29, 0.717) is 39.0 Å². The number of hydrogen-bond acceptors (Lipinski definition) is 8. The molecule has 4 N–H and O–H groups in total. The molecule has 1 aromatic heterocycles. The van der Waals surface area contributed by atoms with Crippen LogP contribution in [0.1, 0.15) is 37.9 Å². The van der Waals surface area contributed by atoms with Crippen LogP contribution in [0.25, 0.3) is 10.9 Å². The maximum Gasteiger partial charge on any atom is 0.176 e. The number of hydrazine groups is 2. The molecule has 3 aromatic rings. The first-order valence-electron chi connectivity index (χ1n) is 12.6. The van der Waals surface area contributed by atoms with Crippen molar-refractivity contribution in [3.63, 3.8) is 0 Å². The van der Waals surface area contributed by atoms with Crippen LogP contribution >= 0.6 is 23.2 Å². The van der Waals surface area contributed by atoms with Crippen molar-refractivity contribution < 1.29 is 9.13 Å². The number of anilines is 2. The highest BCUT2D eigenvalue weighted by Crippen LogP contribution is 2.37. The Morgan fingerprint density at radius 3 is 2.67 bits per heavy atom. The molecule has 2 aromatic carbocycles. The van der Waals surface area contributed by atoms with Crippen LogP contribution in [0.4, 0.5) is 15.8 Å². The van der Waals surface area contributed by atoms with Gasteiger partial charge in [0.1, 0.15) is 6.07 Å². The highest BCUT2D eigenvalue weighted by Gasteiger charge is 2.41. The van der Waals surface area contributed by atoms with Crippen molar-refractivity contribution in [2.24, 2.45) is 5.41 Å². The molecule has 39 heavy (non-hydrogen) atoms. The number of benzene rings is 2. The van der Waals surface area contributed by atoms with Crippen molar-refractivity contribution in [2.45, 2.75) is 32.5 Å². The summed E-state index contributed by atoms with van der Waals surface area (Å²) in [6.45, 7) is 7.27. The van der Waals surface area contributed by atoms with Gasteiger partial charge in [0.05, 0.1) is 53.3 Å². The van der Waals surface area contributed by atoms with Crippen LogP contribution in [-0.2, 0) is 4.74 Å². The summed E-state index contributed by atoms with van der Waals surface area (Å²) in [6, 6.07) is 13.0. The smallest absolute Gasteiger partial charge is 0.176 e. The molecule has 0 unspecified atom stereocenters. The maximum atomic E-state index is 14.7. The Kier molecular flexibility index (Phi) is 7.49.